The molecule has 2 atom stereocenters. The Morgan fingerprint density at radius 2 is 2.15 bits per heavy atom. The van der Waals surface area contributed by atoms with Crippen molar-refractivity contribution in [2.24, 2.45) is 17.6 Å². The molecule has 0 bridgehead atoms. The van der Waals surface area contributed by atoms with E-state index in [-0.39, 0.29) is 11.4 Å². The van der Waals surface area contributed by atoms with Crippen LogP contribution in [0.3, 0.4) is 0 Å². The number of primary amides is 1. The first kappa shape index (κ1) is 13.6. The summed E-state index contributed by atoms with van der Waals surface area (Å²) in [5, 5.41) is 3.49. The number of nitrogens with zero attached hydrogens (tertiary/aromatic N) is 1. The Kier molecular flexibility index (Phi) is 3.30. The highest BCUT2D eigenvalue weighted by Gasteiger charge is 2.49. The Bertz CT molecular complexity index is 526. The van der Waals surface area contributed by atoms with Crippen LogP contribution in [0, 0.1) is 11.8 Å². The summed E-state index contributed by atoms with van der Waals surface area (Å²) >= 11 is 0. The topological polar surface area (TPSA) is 58.4 Å². The fourth-order valence-electron chi connectivity index (χ4n) is 3.88. The fourth-order valence-corrected chi connectivity index (χ4v) is 3.88. The molecule has 0 aromatic heterocycles. The summed E-state index contributed by atoms with van der Waals surface area (Å²) in [4.78, 5) is 14.1. The van der Waals surface area contributed by atoms with Crippen molar-refractivity contribution in [3.8, 4) is 0 Å². The first-order chi connectivity index (χ1) is 9.50. The summed E-state index contributed by atoms with van der Waals surface area (Å²) in [6, 6.07) is 7.69. The van der Waals surface area contributed by atoms with Crippen molar-refractivity contribution in [2.45, 2.75) is 25.9 Å². The predicted molar refractivity (Wildman–Crippen MR) is 79.3 cm³/mol. The summed E-state index contributed by atoms with van der Waals surface area (Å²) in [5.41, 5.74) is 7.34. The molecule has 2 saturated heterocycles. The monoisotopic (exact) mass is 273 g/mol. The maximum absolute atomic E-state index is 11.5. The third-order valence-corrected chi connectivity index (χ3v) is 5.16. The quantitative estimate of drug-likeness (QED) is 0.870. The van der Waals surface area contributed by atoms with Gasteiger partial charge in [-0.25, -0.2) is 0 Å². The molecule has 2 aliphatic rings. The van der Waals surface area contributed by atoms with Crippen LogP contribution in [0.2, 0.25) is 0 Å². The van der Waals surface area contributed by atoms with Crippen LogP contribution in [-0.4, -0.2) is 36.0 Å². The van der Waals surface area contributed by atoms with Crippen LogP contribution in [0.4, 0.5) is 0 Å². The Hall–Kier alpha value is -1.39. The number of carbonyl (C=O) groups is 1. The van der Waals surface area contributed by atoms with Crippen molar-refractivity contribution < 1.29 is 4.79 Å². The zero-order chi connectivity index (χ0) is 14.3. The fraction of sp³-hybridized carbons (Fsp3) is 0.562. The minimum absolute atomic E-state index is 0.166. The molecule has 3 N–H and O–H groups in total. The third-order valence-electron chi connectivity index (χ3n) is 5.16. The number of hydrogen-bond donors (Lipinski definition) is 2. The van der Waals surface area contributed by atoms with Crippen LogP contribution in [0.25, 0.3) is 0 Å². The van der Waals surface area contributed by atoms with E-state index in [2.05, 4.69) is 24.1 Å². The molecule has 108 valence electrons. The van der Waals surface area contributed by atoms with Crippen LogP contribution in [-0.2, 0) is 6.54 Å². The van der Waals surface area contributed by atoms with Gasteiger partial charge in [0.1, 0.15) is 0 Å². The number of hydrogen-bond acceptors (Lipinski definition) is 3. The lowest BCUT2D eigenvalue weighted by Crippen LogP contribution is -2.44. The zero-order valence-electron chi connectivity index (χ0n) is 12.2. The van der Waals surface area contributed by atoms with E-state index in [1.54, 1.807) is 0 Å². The second-order valence-corrected chi connectivity index (χ2v) is 6.58. The number of amides is 1. The van der Waals surface area contributed by atoms with Crippen LogP contribution >= 0.6 is 0 Å². The maximum Gasteiger partial charge on any atom is 0.249 e. The van der Waals surface area contributed by atoms with E-state index in [4.69, 9.17) is 5.73 Å². The van der Waals surface area contributed by atoms with E-state index in [0.717, 1.165) is 37.7 Å². The first-order valence-electron chi connectivity index (χ1n) is 7.33. The number of fused-ring (bicyclic) bond motifs is 1. The van der Waals surface area contributed by atoms with Gasteiger partial charge in [-0.2, -0.15) is 0 Å². The van der Waals surface area contributed by atoms with Crippen molar-refractivity contribution in [1.29, 1.82) is 0 Å². The lowest BCUT2D eigenvalue weighted by atomic mass is 9.84. The number of nitrogens with two attached hydrogens (primary N) is 1. The smallest absolute Gasteiger partial charge is 0.249 e. The van der Waals surface area contributed by atoms with Crippen LogP contribution in [0.1, 0.15) is 29.8 Å². The van der Waals surface area contributed by atoms with E-state index < -0.39 is 0 Å². The molecule has 2 fully saturated rings. The third kappa shape index (κ3) is 2.13. The Morgan fingerprint density at radius 1 is 1.40 bits per heavy atom. The number of benzene rings is 1. The van der Waals surface area contributed by atoms with Crippen molar-refractivity contribution in [1.82, 2.24) is 10.2 Å². The Balaban J connectivity index is 1.84. The minimum atomic E-state index is -0.334. The predicted octanol–water partition coefficient (Wildman–Crippen LogP) is 1.22. The van der Waals surface area contributed by atoms with Crippen molar-refractivity contribution >= 4 is 5.91 Å². The molecule has 1 aromatic carbocycles. The molecule has 0 spiro atoms. The Morgan fingerprint density at radius 3 is 2.85 bits per heavy atom. The molecule has 20 heavy (non-hydrogen) atoms. The van der Waals surface area contributed by atoms with E-state index in [1.807, 2.05) is 24.3 Å². The lowest BCUT2D eigenvalue weighted by molar-refractivity contribution is 0.0993. The zero-order valence-corrected chi connectivity index (χ0v) is 12.2. The lowest BCUT2D eigenvalue weighted by Gasteiger charge is -2.36. The first-order valence-corrected chi connectivity index (χ1v) is 7.33. The average Bonchev–Trinajstić information content (AvgIpc) is 2.94. The van der Waals surface area contributed by atoms with Crippen LogP contribution in [0.5, 0.6) is 0 Å². The molecule has 3 rings (SSSR count). The molecule has 1 aromatic rings. The van der Waals surface area contributed by atoms with Crippen LogP contribution in [0.15, 0.2) is 24.3 Å². The summed E-state index contributed by atoms with van der Waals surface area (Å²) in [7, 11) is 0. The molecule has 4 nitrogen and oxygen atoms in total. The van der Waals surface area contributed by atoms with E-state index in [1.165, 1.54) is 0 Å². The molecule has 0 radical (unpaired) electrons. The number of rotatable bonds is 3. The largest absolute Gasteiger partial charge is 0.366 e. The van der Waals surface area contributed by atoms with Gasteiger partial charge >= 0.3 is 0 Å². The number of nitrogens with one attached hydrogen (secondary N) is 1. The van der Waals surface area contributed by atoms with E-state index in [0.29, 0.717) is 11.5 Å². The summed E-state index contributed by atoms with van der Waals surface area (Å²) in [5.74, 6) is 1.09. The minimum Gasteiger partial charge on any atom is -0.366 e. The normalized spacial score (nSPS) is 28.5. The molecular weight excluding hydrogens is 250 g/mol. The molecule has 2 heterocycles. The molecule has 2 unspecified atom stereocenters. The van der Waals surface area contributed by atoms with Crippen LogP contribution < -0.4 is 11.1 Å². The van der Waals surface area contributed by atoms with E-state index in [9.17, 15) is 4.79 Å². The summed E-state index contributed by atoms with van der Waals surface area (Å²) < 4.78 is 0. The second-order valence-electron chi connectivity index (χ2n) is 6.58. The van der Waals surface area contributed by atoms with Gasteiger partial charge in [-0.15, -0.1) is 0 Å². The molecular formula is C16H23N3O. The van der Waals surface area contributed by atoms with Gasteiger partial charge in [-0.05, 0) is 43.9 Å². The summed E-state index contributed by atoms with van der Waals surface area (Å²) in [6.07, 6.45) is 0. The highest BCUT2D eigenvalue weighted by Crippen LogP contribution is 2.41. The summed E-state index contributed by atoms with van der Waals surface area (Å²) in [6.45, 7) is 8.75. The van der Waals surface area contributed by atoms with Crippen molar-refractivity contribution in [2.75, 3.05) is 19.6 Å². The number of likely N-dealkylation sites (tertiary alicyclic amines) is 1. The highest BCUT2D eigenvalue weighted by molar-refractivity contribution is 5.94. The van der Waals surface area contributed by atoms with Gasteiger partial charge in [0.15, 0.2) is 0 Å². The van der Waals surface area contributed by atoms with Gasteiger partial charge in [0.2, 0.25) is 5.91 Å². The van der Waals surface area contributed by atoms with Gasteiger partial charge in [0, 0.05) is 30.7 Å². The van der Waals surface area contributed by atoms with Crippen molar-refractivity contribution in [3.05, 3.63) is 35.4 Å². The second kappa shape index (κ2) is 4.86. The molecule has 4 heteroatoms. The van der Waals surface area contributed by atoms with Gasteiger partial charge in [-0.1, -0.05) is 18.2 Å². The highest BCUT2D eigenvalue weighted by atomic mass is 16.1. The Labute approximate surface area is 120 Å². The molecule has 1 amide bonds. The molecule has 0 aliphatic carbocycles. The van der Waals surface area contributed by atoms with E-state index >= 15 is 0 Å². The maximum atomic E-state index is 11.5. The SMILES string of the molecule is CC1(C)C2CNCC2CN1Cc1ccccc1C(N)=O. The average molecular weight is 273 g/mol. The number of carbonyl (C=O) groups excluding carboxylic acids is 1. The van der Waals surface area contributed by atoms with Gasteiger partial charge in [0.05, 0.1) is 0 Å². The van der Waals surface area contributed by atoms with Gasteiger partial charge < -0.3 is 11.1 Å². The molecule has 0 saturated carbocycles. The van der Waals surface area contributed by atoms with Crippen molar-refractivity contribution in [3.63, 3.8) is 0 Å². The van der Waals surface area contributed by atoms with Gasteiger partial charge in [0.25, 0.3) is 0 Å². The molecule has 2 aliphatic heterocycles. The van der Waals surface area contributed by atoms with Gasteiger partial charge in [-0.3, -0.25) is 9.69 Å². The standard InChI is InChI=1S/C16H23N3O/c1-16(2)14-8-18-7-12(14)10-19(16)9-11-5-3-4-6-13(11)15(17)20/h3-6,12,14,18H,7-10H2,1-2H3,(H2,17,20).